The van der Waals surface area contributed by atoms with E-state index >= 15 is 0 Å². The molecule has 0 N–H and O–H groups in total. The molecule has 2 nitrogen and oxygen atoms in total. The number of hydrogen-bond donors (Lipinski definition) is 0. The summed E-state index contributed by atoms with van der Waals surface area (Å²) in [7, 11) is 0. The van der Waals surface area contributed by atoms with Crippen LogP contribution in [0.1, 0.15) is 25.7 Å². The minimum Gasteiger partial charge on any atom is -0.381 e. The predicted molar refractivity (Wildman–Crippen MR) is 66.9 cm³/mol. The zero-order chi connectivity index (χ0) is 13.2. The van der Waals surface area contributed by atoms with Crippen LogP contribution < -0.4 is 0 Å². The van der Waals surface area contributed by atoms with Gasteiger partial charge < -0.3 is 4.74 Å². The topological polar surface area (TPSA) is 12.5 Å². The van der Waals surface area contributed by atoms with Crippen LogP contribution in [0.4, 0.5) is 13.2 Å². The third-order valence-corrected chi connectivity index (χ3v) is 5.01. The van der Waals surface area contributed by atoms with Crippen molar-refractivity contribution >= 4 is 15.9 Å². The van der Waals surface area contributed by atoms with Gasteiger partial charge >= 0.3 is 6.18 Å². The Bertz CT molecular complexity index is 275. The maximum absolute atomic E-state index is 12.6. The average molecular weight is 330 g/mol. The van der Waals surface area contributed by atoms with E-state index in [1.54, 1.807) is 4.90 Å². The summed E-state index contributed by atoms with van der Waals surface area (Å²) in [4.78, 5) is 1.63. The summed E-state index contributed by atoms with van der Waals surface area (Å²) in [6, 6.07) is 0.144. The largest absolute Gasteiger partial charge is 0.401 e. The third-order valence-electron chi connectivity index (χ3n) is 3.82. The highest BCUT2D eigenvalue weighted by Gasteiger charge is 2.42. The molecule has 0 aromatic heterocycles. The van der Waals surface area contributed by atoms with Gasteiger partial charge in [0.15, 0.2) is 0 Å². The van der Waals surface area contributed by atoms with Gasteiger partial charge in [-0.25, -0.2) is 0 Å². The molecule has 2 rings (SSSR count). The van der Waals surface area contributed by atoms with E-state index < -0.39 is 12.7 Å². The molecule has 1 heterocycles. The first-order chi connectivity index (χ1) is 8.44. The summed E-state index contributed by atoms with van der Waals surface area (Å²) in [6.07, 6.45) is -0.587. The van der Waals surface area contributed by atoms with Gasteiger partial charge in [0.2, 0.25) is 0 Å². The SMILES string of the molecule is FC(F)(F)CN(CC1(CBr)CCOCC1)C1CC1. The van der Waals surface area contributed by atoms with E-state index in [2.05, 4.69) is 15.9 Å². The van der Waals surface area contributed by atoms with Gasteiger partial charge in [0.05, 0.1) is 6.54 Å². The molecule has 0 atom stereocenters. The van der Waals surface area contributed by atoms with Crippen molar-refractivity contribution in [2.75, 3.05) is 31.6 Å². The number of halogens is 4. The Morgan fingerprint density at radius 3 is 2.28 bits per heavy atom. The Morgan fingerprint density at radius 1 is 1.22 bits per heavy atom. The summed E-state index contributed by atoms with van der Waals surface area (Å²) in [6.45, 7) is 1.09. The summed E-state index contributed by atoms with van der Waals surface area (Å²) in [5.74, 6) is 0. The van der Waals surface area contributed by atoms with E-state index in [9.17, 15) is 13.2 Å². The summed E-state index contributed by atoms with van der Waals surface area (Å²) in [5, 5.41) is 0.754. The van der Waals surface area contributed by atoms with E-state index in [1.807, 2.05) is 0 Å². The number of ether oxygens (including phenoxy) is 1. The summed E-state index contributed by atoms with van der Waals surface area (Å²) in [5.41, 5.74) is -0.0495. The van der Waals surface area contributed by atoms with Crippen molar-refractivity contribution in [2.45, 2.75) is 37.9 Å². The lowest BCUT2D eigenvalue weighted by atomic mass is 9.81. The molecule has 0 amide bonds. The fourth-order valence-corrected chi connectivity index (χ4v) is 3.29. The van der Waals surface area contributed by atoms with Crippen LogP contribution >= 0.6 is 15.9 Å². The molecule has 0 aromatic carbocycles. The van der Waals surface area contributed by atoms with Gasteiger partial charge in [-0.1, -0.05) is 15.9 Å². The van der Waals surface area contributed by atoms with Gasteiger partial charge in [0, 0.05) is 31.1 Å². The number of hydrogen-bond acceptors (Lipinski definition) is 2. The smallest absolute Gasteiger partial charge is 0.381 e. The molecule has 1 aliphatic carbocycles. The predicted octanol–water partition coefficient (Wildman–Crippen LogP) is 3.20. The average Bonchev–Trinajstić information content (AvgIpc) is 3.11. The molecular weight excluding hydrogens is 311 g/mol. The lowest BCUT2D eigenvalue weighted by molar-refractivity contribution is -0.151. The Hall–Kier alpha value is 0.190. The van der Waals surface area contributed by atoms with Crippen molar-refractivity contribution in [3.63, 3.8) is 0 Å². The molecule has 2 fully saturated rings. The van der Waals surface area contributed by atoms with Gasteiger partial charge in [0.25, 0.3) is 0 Å². The number of rotatable bonds is 5. The summed E-state index contributed by atoms with van der Waals surface area (Å²) < 4.78 is 43.1. The van der Waals surface area contributed by atoms with E-state index in [0.717, 1.165) is 31.0 Å². The maximum atomic E-state index is 12.6. The van der Waals surface area contributed by atoms with Crippen LogP contribution in [-0.2, 0) is 4.74 Å². The standard InChI is InChI=1S/C12H19BrF3NO/c13-7-11(3-5-18-6-4-11)8-17(10-1-2-10)9-12(14,15)16/h10H,1-9H2. The van der Waals surface area contributed by atoms with Crippen LogP contribution in [0.2, 0.25) is 0 Å². The Balaban J connectivity index is 1.98. The highest BCUT2D eigenvalue weighted by molar-refractivity contribution is 9.09. The van der Waals surface area contributed by atoms with Gasteiger partial charge in [-0.2, -0.15) is 13.2 Å². The van der Waals surface area contributed by atoms with Crippen molar-refractivity contribution < 1.29 is 17.9 Å². The quantitative estimate of drug-likeness (QED) is 0.718. The molecule has 1 saturated carbocycles. The monoisotopic (exact) mass is 329 g/mol. The lowest BCUT2D eigenvalue weighted by Gasteiger charge is -2.40. The van der Waals surface area contributed by atoms with Gasteiger partial charge in [-0.3, -0.25) is 4.90 Å². The van der Waals surface area contributed by atoms with E-state index in [1.165, 1.54) is 0 Å². The van der Waals surface area contributed by atoms with Gasteiger partial charge in [-0.15, -0.1) is 0 Å². The molecule has 0 unspecified atom stereocenters. The van der Waals surface area contributed by atoms with E-state index in [0.29, 0.717) is 19.8 Å². The van der Waals surface area contributed by atoms with Crippen LogP contribution in [0.15, 0.2) is 0 Å². The molecule has 0 spiro atoms. The molecule has 2 aliphatic rings. The summed E-state index contributed by atoms with van der Waals surface area (Å²) >= 11 is 3.48. The Morgan fingerprint density at radius 2 is 1.83 bits per heavy atom. The molecule has 6 heteroatoms. The molecule has 1 aliphatic heterocycles. The first kappa shape index (κ1) is 14.6. The van der Waals surface area contributed by atoms with Crippen molar-refractivity contribution in [3.8, 4) is 0 Å². The fourth-order valence-electron chi connectivity index (χ4n) is 2.55. The van der Waals surface area contributed by atoms with Gasteiger partial charge in [0.1, 0.15) is 0 Å². The minimum absolute atomic E-state index is 0.0495. The van der Waals surface area contributed by atoms with Crippen molar-refractivity contribution in [1.29, 1.82) is 0 Å². The number of alkyl halides is 4. The maximum Gasteiger partial charge on any atom is 0.401 e. The first-order valence-electron chi connectivity index (χ1n) is 6.39. The zero-order valence-corrected chi connectivity index (χ0v) is 11.9. The molecule has 0 radical (unpaired) electrons. The van der Waals surface area contributed by atoms with Crippen LogP contribution in [0.3, 0.4) is 0 Å². The molecule has 18 heavy (non-hydrogen) atoms. The molecule has 0 bridgehead atoms. The lowest BCUT2D eigenvalue weighted by Crippen LogP contribution is -2.46. The van der Waals surface area contributed by atoms with Crippen molar-refractivity contribution in [2.24, 2.45) is 5.41 Å². The second-order valence-corrected chi connectivity index (χ2v) is 6.06. The molecular formula is C12H19BrF3NO. The van der Waals surface area contributed by atoms with Crippen LogP contribution in [0.25, 0.3) is 0 Å². The van der Waals surface area contributed by atoms with E-state index in [4.69, 9.17) is 4.74 Å². The highest BCUT2D eigenvalue weighted by Crippen LogP contribution is 2.38. The molecule has 106 valence electrons. The Labute approximate surface area is 114 Å². The first-order valence-corrected chi connectivity index (χ1v) is 7.51. The number of nitrogens with zero attached hydrogens (tertiary/aromatic N) is 1. The second kappa shape index (κ2) is 5.67. The zero-order valence-electron chi connectivity index (χ0n) is 10.3. The van der Waals surface area contributed by atoms with Gasteiger partial charge in [-0.05, 0) is 31.1 Å². The van der Waals surface area contributed by atoms with E-state index in [-0.39, 0.29) is 11.5 Å². The Kier molecular flexibility index (Phi) is 4.60. The van der Waals surface area contributed by atoms with Crippen LogP contribution in [0.5, 0.6) is 0 Å². The van der Waals surface area contributed by atoms with Crippen LogP contribution in [-0.4, -0.2) is 48.8 Å². The third kappa shape index (κ3) is 4.10. The van der Waals surface area contributed by atoms with Crippen molar-refractivity contribution in [3.05, 3.63) is 0 Å². The van der Waals surface area contributed by atoms with Crippen molar-refractivity contribution in [1.82, 2.24) is 4.90 Å². The fraction of sp³-hybridized carbons (Fsp3) is 1.00. The minimum atomic E-state index is -4.10. The van der Waals surface area contributed by atoms with Crippen LogP contribution in [0, 0.1) is 5.41 Å². The second-order valence-electron chi connectivity index (χ2n) is 5.50. The molecule has 1 saturated heterocycles. The normalized spacial score (nSPS) is 24.5. The highest BCUT2D eigenvalue weighted by atomic mass is 79.9. The molecule has 0 aromatic rings.